The molecule has 0 saturated carbocycles. The summed E-state index contributed by atoms with van der Waals surface area (Å²) in [6.45, 7) is 6.82. The Balaban J connectivity index is 1.61. The summed E-state index contributed by atoms with van der Waals surface area (Å²) in [6.07, 6.45) is 1.95. The number of halogens is 1. The van der Waals surface area contributed by atoms with Crippen molar-refractivity contribution in [2.24, 2.45) is 0 Å². The van der Waals surface area contributed by atoms with Gasteiger partial charge in [0.05, 0.1) is 36.8 Å². The number of carbonyl (C=O) groups is 3. The van der Waals surface area contributed by atoms with Crippen LogP contribution in [0.5, 0.6) is 5.75 Å². The van der Waals surface area contributed by atoms with E-state index < -0.39 is 17.9 Å². The Bertz CT molecular complexity index is 1090. The number of nitrogens with one attached hydrogen (secondary N) is 1. The molecular formula is C25H30BrNO6S. The van der Waals surface area contributed by atoms with E-state index >= 15 is 0 Å². The van der Waals surface area contributed by atoms with Gasteiger partial charge >= 0.3 is 11.9 Å². The van der Waals surface area contributed by atoms with Crippen LogP contribution in [0.2, 0.25) is 0 Å². The predicted molar refractivity (Wildman–Crippen MR) is 135 cm³/mol. The maximum atomic E-state index is 12.6. The van der Waals surface area contributed by atoms with Gasteiger partial charge in [-0.1, -0.05) is 26.8 Å². The minimum atomic E-state index is -0.574. The van der Waals surface area contributed by atoms with Gasteiger partial charge in [-0.15, -0.1) is 11.3 Å². The summed E-state index contributed by atoms with van der Waals surface area (Å²) in [7, 11) is 2.61. The predicted octanol–water partition coefficient (Wildman–Crippen LogP) is 5.60. The lowest BCUT2D eigenvalue weighted by atomic mass is 9.87. The van der Waals surface area contributed by atoms with E-state index in [1.54, 1.807) is 0 Å². The van der Waals surface area contributed by atoms with Gasteiger partial charge in [0, 0.05) is 11.3 Å². The van der Waals surface area contributed by atoms with Crippen LogP contribution in [0.15, 0.2) is 22.7 Å². The highest BCUT2D eigenvalue weighted by molar-refractivity contribution is 9.10. The van der Waals surface area contributed by atoms with Gasteiger partial charge in [-0.2, -0.15) is 0 Å². The van der Waals surface area contributed by atoms with Crippen molar-refractivity contribution in [1.82, 2.24) is 0 Å². The monoisotopic (exact) mass is 551 g/mol. The third kappa shape index (κ3) is 5.81. The molecule has 7 nitrogen and oxygen atoms in total. The fourth-order valence-corrected chi connectivity index (χ4v) is 5.70. The number of anilines is 1. The molecule has 1 aromatic heterocycles. The number of fused-ring (bicyclic) bond motifs is 1. The Hall–Kier alpha value is -2.39. The summed E-state index contributed by atoms with van der Waals surface area (Å²) in [4.78, 5) is 38.2. The van der Waals surface area contributed by atoms with Crippen molar-refractivity contribution >= 4 is 50.1 Å². The minimum absolute atomic E-state index is 0.0427. The van der Waals surface area contributed by atoms with Crippen LogP contribution in [-0.4, -0.2) is 38.7 Å². The van der Waals surface area contributed by atoms with Gasteiger partial charge < -0.3 is 19.5 Å². The Labute approximate surface area is 212 Å². The molecule has 1 aliphatic carbocycles. The molecule has 0 fully saturated rings. The van der Waals surface area contributed by atoms with Crippen molar-refractivity contribution in [2.45, 2.75) is 57.8 Å². The first kappa shape index (κ1) is 26.2. The van der Waals surface area contributed by atoms with Gasteiger partial charge in [-0.25, -0.2) is 4.79 Å². The summed E-state index contributed by atoms with van der Waals surface area (Å²) in [6, 6.07) is 6.02. The number of rotatable bonds is 8. The zero-order valence-electron chi connectivity index (χ0n) is 20.1. The van der Waals surface area contributed by atoms with E-state index in [-0.39, 0.29) is 23.3 Å². The van der Waals surface area contributed by atoms with Gasteiger partial charge in [0.15, 0.2) is 0 Å². The van der Waals surface area contributed by atoms with Crippen molar-refractivity contribution in [3.63, 3.8) is 0 Å². The number of hydrogen-bond acceptors (Lipinski definition) is 7. The summed E-state index contributed by atoms with van der Waals surface area (Å²) < 4.78 is 16.5. The van der Waals surface area contributed by atoms with Gasteiger partial charge in [-0.05, 0) is 63.9 Å². The van der Waals surface area contributed by atoms with E-state index in [9.17, 15) is 14.4 Å². The molecule has 1 atom stereocenters. The van der Waals surface area contributed by atoms with Gasteiger partial charge in [-0.3, -0.25) is 9.59 Å². The molecule has 0 aliphatic heterocycles. The highest BCUT2D eigenvalue weighted by Crippen LogP contribution is 2.46. The van der Waals surface area contributed by atoms with E-state index in [0.29, 0.717) is 36.4 Å². The molecule has 0 spiro atoms. The molecule has 9 heteroatoms. The molecular weight excluding hydrogens is 522 g/mol. The second-order valence-corrected chi connectivity index (χ2v) is 11.1. The minimum Gasteiger partial charge on any atom is -0.492 e. The molecule has 34 heavy (non-hydrogen) atoms. The van der Waals surface area contributed by atoms with Crippen LogP contribution in [0.3, 0.4) is 0 Å². The number of thiophene rings is 1. The summed E-state index contributed by atoms with van der Waals surface area (Å²) in [5, 5.41) is 3.24. The molecule has 0 saturated heterocycles. The van der Waals surface area contributed by atoms with Crippen molar-refractivity contribution in [1.29, 1.82) is 0 Å². The fraction of sp³-hybridized carbons (Fsp3) is 0.480. The number of amides is 1. The Morgan fingerprint density at radius 1 is 1.18 bits per heavy atom. The van der Waals surface area contributed by atoms with Gasteiger partial charge in [0.1, 0.15) is 10.8 Å². The van der Waals surface area contributed by atoms with E-state index in [1.807, 2.05) is 18.2 Å². The van der Waals surface area contributed by atoms with E-state index in [2.05, 4.69) is 42.0 Å². The molecule has 1 amide bonds. The highest BCUT2D eigenvalue weighted by Gasteiger charge is 2.38. The molecule has 2 aromatic rings. The molecule has 0 bridgehead atoms. The average molecular weight is 552 g/mol. The maximum absolute atomic E-state index is 12.6. The largest absolute Gasteiger partial charge is 0.492 e. The topological polar surface area (TPSA) is 90.9 Å². The third-order valence-electron chi connectivity index (χ3n) is 5.76. The van der Waals surface area contributed by atoms with Gasteiger partial charge in [0.2, 0.25) is 5.91 Å². The fourth-order valence-electron chi connectivity index (χ4n) is 3.92. The average Bonchev–Trinajstić information content (AvgIpc) is 3.34. The van der Waals surface area contributed by atoms with Crippen LogP contribution in [0.25, 0.3) is 0 Å². The molecule has 184 valence electrons. The van der Waals surface area contributed by atoms with Crippen LogP contribution in [-0.2, 0) is 30.9 Å². The van der Waals surface area contributed by atoms with Crippen LogP contribution in [0, 0.1) is 0 Å². The first-order valence-corrected chi connectivity index (χ1v) is 12.7. The molecule has 1 aromatic carbocycles. The first-order valence-electron chi connectivity index (χ1n) is 11.1. The first-order chi connectivity index (χ1) is 16.1. The van der Waals surface area contributed by atoms with Crippen molar-refractivity contribution in [2.75, 3.05) is 26.1 Å². The zero-order valence-corrected chi connectivity index (χ0v) is 22.5. The number of methoxy groups -OCH3 is 2. The molecule has 1 unspecified atom stereocenters. The van der Waals surface area contributed by atoms with E-state index in [1.165, 1.54) is 31.1 Å². The summed E-state index contributed by atoms with van der Waals surface area (Å²) in [5.41, 5.74) is 2.11. The molecule has 0 radical (unpaired) electrons. The number of hydrogen-bond donors (Lipinski definition) is 1. The van der Waals surface area contributed by atoms with E-state index in [4.69, 9.17) is 14.2 Å². The lowest BCUT2D eigenvalue weighted by molar-refractivity contribution is -0.142. The quantitative estimate of drug-likeness (QED) is 0.339. The second kappa shape index (κ2) is 10.9. The summed E-state index contributed by atoms with van der Waals surface area (Å²) >= 11 is 4.87. The zero-order chi connectivity index (χ0) is 25.0. The van der Waals surface area contributed by atoms with Crippen molar-refractivity contribution in [3.05, 3.63) is 44.2 Å². The number of aryl methyl sites for hydroxylation is 1. The van der Waals surface area contributed by atoms with Crippen molar-refractivity contribution in [3.8, 4) is 5.75 Å². The van der Waals surface area contributed by atoms with Crippen molar-refractivity contribution < 1.29 is 28.6 Å². The highest BCUT2D eigenvalue weighted by atomic mass is 79.9. The Kier molecular flexibility index (Phi) is 8.41. The SMILES string of the molecule is COC(=O)c1c(NC(=O)CCCOc2ccc(C(C)(C)C)cc2Br)sc2c1C(C(=O)OC)CC2. The number of ether oxygens (including phenoxy) is 3. The van der Waals surface area contributed by atoms with Crippen LogP contribution >= 0.6 is 27.3 Å². The molecule has 1 N–H and O–H groups in total. The second-order valence-electron chi connectivity index (χ2n) is 9.14. The summed E-state index contributed by atoms with van der Waals surface area (Å²) in [5.74, 6) is -0.989. The third-order valence-corrected chi connectivity index (χ3v) is 7.56. The number of esters is 2. The molecule has 1 aliphatic rings. The normalized spacial score (nSPS) is 14.9. The molecule has 1 heterocycles. The smallest absolute Gasteiger partial charge is 0.341 e. The Morgan fingerprint density at radius 2 is 1.91 bits per heavy atom. The lowest BCUT2D eigenvalue weighted by Crippen LogP contribution is -2.18. The maximum Gasteiger partial charge on any atom is 0.341 e. The lowest BCUT2D eigenvalue weighted by Gasteiger charge is -2.20. The number of benzene rings is 1. The molecule has 3 rings (SSSR count). The Morgan fingerprint density at radius 3 is 2.53 bits per heavy atom. The van der Waals surface area contributed by atoms with E-state index in [0.717, 1.165) is 15.1 Å². The number of carbonyl (C=O) groups excluding carboxylic acids is 3. The van der Waals surface area contributed by atoms with Crippen LogP contribution < -0.4 is 10.1 Å². The van der Waals surface area contributed by atoms with Gasteiger partial charge in [0.25, 0.3) is 0 Å². The van der Waals surface area contributed by atoms with Crippen LogP contribution in [0.4, 0.5) is 5.00 Å². The van der Waals surface area contributed by atoms with Crippen LogP contribution in [0.1, 0.15) is 72.3 Å². The standard InChI is InChI=1S/C25H30BrNO6S/c1-25(2,3)14-8-10-17(16(26)13-14)33-12-6-7-19(28)27-22-21(24(30)32-5)20-15(23(29)31-4)9-11-18(20)34-22/h8,10,13,15H,6-7,9,11-12H2,1-5H3,(H,27,28).